The Kier molecular flexibility index (Phi) is 11.1. The molecule has 0 saturated heterocycles. The van der Waals surface area contributed by atoms with Gasteiger partial charge in [0.1, 0.15) is 0 Å². The second-order valence-corrected chi connectivity index (χ2v) is 11.8. The number of carbonyl (C=O) groups is 2. The zero-order valence-electron chi connectivity index (χ0n) is 25.4. The number of rotatable bonds is 14. The highest BCUT2D eigenvalue weighted by molar-refractivity contribution is 7.23. The van der Waals surface area contributed by atoms with Crippen LogP contribution in [0.2, 0.25) is 0 Å². The molecule has 10 nitrogen and oxygen atoms in total. The molecule has 4 rings (SSSR count). The summed E-state index contributed by atoms with van der Waals surface area (Å²) in [6.07, 6.45) is 9.98. The zero-order valence-corrected chi connectivity index (χ0v) is 26.2. The standard InChI is InChI=1S/C32H41N7O3S/c1-5-7-12-17-39(30(41)34-6-2)31-38-26-19-22(18-24(28(26)43-31)25-13-9-11-16-35-25)23-20-36-29(37-21-23)32(3,4)42-27(40)14-8-10-15-33/h9,11,13,16,18-21H,5-8,10,12,14-15,17,33H2,1-4H3,(H,34,41). The average molecular weight is 604 g/mol. The first-order valence-corrected chi connectivity index (χ1v) is 15.7. The smallest absolute Gasteiger partial charge is 0.323 e. The molecular weight excluding hydrogens is 562 g/mol. The van der Waals surface area contributed by atoms with Crippen LogP contribution in [0.1, 0.15) is 72.0 Å². The fraction of sp³-hybridized carbons (Fsp3) is 0.438. The monoisotopic (exact) mass is 603 g/mol. The number of hydrogen-bond acceptors (Lipinski definition) is 9. The minimum Gasteiger partial charge on any atom is -0.451 e. The predicted molar refractivity (Wildman–Crippen MR) is 172 cm³/mol. The number of nitrogens with one attached hydrogen (secondary N) is 1. The van der Waals surface area contributed by atoms with Gasteiger partial charge in [-0.05, 0) is 76.4 Å². The lowest BCUT2D eigenvalue weighted by molar-refractivity contribution is -0.158. The maximum atomic E-state index is 13.0. The van der Waals surface area contributed by atoms with Crippen molar-refractivity contribution in [1.82, 2.24) is 25.3 Å². The fourth-order valence-corrected chi connectivity index (χ4v) is 5.74. The number of nitrogens with two attached hydrogens (primary N) is 1. The third-order valence-electron chi connectivity index (χ3n) is 6.94. The minimum atomic E-state index is -0.981. The van der Waals surface area contributed by atoms with Crippen LogP contribution in [0.25, 0.3) is 32.6 Å². The Morgan fingerprint density at radius 2 is 1.81 bits per heavy atom. The number of hydrogen-bond donors (Lipinski definition) is 2. The van der Waals surface area contributed by atoms with E-state index in [4.69, 9.17) is 15.5 Å². The van der Waals surface area contributed by atoms with E-state index >= 15 is 0 Å². The molecular formula is C32H41N7O3S. The first kappa shape index (κ1) is 32.0. The molecule has 1 aromatic carbocycles. The number of pyridine rings is 1. The summed E-state index contributed by atoms with van der Waals surface area (Å²) in [7, 11) is 0. The molecule has 0 saturated carbocycles. The first-order chi connectivity index (χ1) is 20.8. The van der Waals surface area contributed by atoms with Crippen LogP contribution in [0.4, 0.5) is 9.93 Å². The van der Waals surface area contributed by atoms with Crippen molar-refractivity contribution in [2.75, 3.05) is 24.5 Å². The van der Waals surface area contributed by atoms with Gasteiger partial charge < -0.3 is 15.8 Å². The minimum absolute atomic E-state index is 0.149. The second kappa shape index (κ2) is 15.0. The van der Waals surface area contributed by atoms with Crippen molar-refractivity contribution in [3.8, 4) is 22.4 Å². The lowest BCUT2D eigenvalue weighted by atomic mass is 10.0. The van der Waals surface area contributed by atoms with Gasteiger partial charge in [-0.2, -0.15) is 0 Å². The molecule has 3 N–H and O–H groups in total. The molecule has 228 valence electrons. The number of aromatic nitrogens is 4. The summed E-state index contributed by atoms with van der Waals surface area (Å²) in [5.74, 6) is 0.113. The Hall–Kier alpha value is -3.96. The molecule has 11 heteroatoms. The van der Waals surface area contributed by atoms with E-state index in [1.807, 2.05) is 31.2 Å². The molecule has 0 unspecified atom stereocenters. The van der Waals surface area contributed by atoms with Gasteiger partial charge >= 0.3 is 12.0 Å². The van der Waals surface area contributed by atoms with E-state index in [9.17, 15) is 9.59 Å². The number of nitrogens with zero attached hydrogens (tertiary/aromatic N) is 5. The van der Waals surface area contributed by atoms with Gasteiger partial charge in [0, 0.05) is 49.2 Å². The Bertz CT molecular complexity index is 1510. The van der Waals surface area contributed by atoms with Crippen molar-refractivity contribution >= 4 is 38.7 Å². The molecule has 0 bridgehead atoms. The molecule has 0 aliphatic heterocycles. The Balaban J connectivity index is 1.70. The molecule has 4 aromatic rings. The first-order valence-electron chi connectivity index (χ1n) is 14.9. The highest BCUT2D eigenvalue weighted by atomic mass is 32.1. The fourth-order valence-electron chi connectivity index (χ4n) is 4.65. The van der Waals surface area contributed by atoms with E-state index in [-0.39, 0.29) is 12.0 Å². The number of ether oxygens (including phenoxy) is 1. The Labute approximate surface area is 257 Å². The van der Waals surface area contributed by atoms with Gasteiger partial charge in [-0.3, -0.25) is 14.7 Å². The lowest BCUT2D eigenvalue weighted by Crippen LogP contribution is -2.40. The molecule has 0 fully saturated rings. The molecule has 0 atom stereocenters. The lowest BCUT2D eigenvalue weighted by Gasteiger charge is -2.23. The van der Waals surface area contributed by atoms with E-state index < -0.39 is 5.60 Å². The van der Waals surface area contributed by atoms with Crippen molar-refractivity contribution in [3.63, 3.8) is 0 Å². The quantitative estimate of drug-likeness (QED) is 0.124. The van der Waals surface area contributed by atoms with Gasteiger partial charge in [0.25, 0.3) is 0 Å². The average Bonchev–Trinajstić information content (AvgIpc) is 3.43. The van der Waals surface area contributed by atoms with Crippen molar-refractivity contribution < 1.29 is 14.3 Å². The molecule has 3 heterocycles. The van der Waals surface area contributed by atoms with Crippen LogP contribution in [0, 0.1) is 0 Å². The maximum Gasteiger partial charge on any atom is 0.323 e. The number of anilines is 1. The number of unbranched alkanes of at least 4 members (excludes halogenated alkanes) is 3. The zero-order chi connectivity index (χ0) is 30.8. The van der Waals surface area contributed by atoms with Gasteiger partial charge in [-0.1, -0.05) is 37.2 Å². The number of esters is 1. The summed E-state index contributed by atoms with van der Waals surface area (Å²) in [5.41, 5.74) is 8.68. The second-order valence-electron chi connectivity index (χ2n) is 10.8. The van der Waals surface area contributed by atoms with Gasteiger partial charge in [0.15, 0.2) is 16.6 Å². The van der Waals surface area contributed by atoms with Gasteiger partial charge in [-0.15, -0.1) is 0 Å². The van der Waals surface area contributed by atoms with Crippen LogP contribution >= 0.6 is 11.3 Å². The van der Waals surface area contributed by atoms with E-state index in [0.717, 1.165) is 58.3 Å². The summed E-state index contributed by atoms with van der Waals surface area (Å²) in [5, 5.41) is 3.58. The molecule has 3 aromatic heterocycles. The molecule has 43 heavy (non-hydrogen) atoms. The van der Waals surface area contributed by atoms with Crippen LogP contribution in [0.15, 0.2) is 48.9 Å². The van der Waals surface area contributed by atoms with E-state index in [0.29, 0.717) is 43.4 Å². The van der Waals surface area contributed by atoms with Crippen molar-refractivity contribution in [2.24, 2.45) is 5.73 Å². The van der Waals surface area contributed by atoms with E-state index in [2.05, 4.69) is 33.3 Å². The summed E-state index contributed by atoms with van der Waals surface area (Å²) in [4.78, 5) is 45.8. The summed E-state index contributed by atoms with van der Waals surface area (Å²) >= 11 is 1.49. The third-order valence-corrected chi connectivity index (χ3v) is 8.06. The number of fused-ring (bicyclic) bond motifs is 1. The van der Waals surface area contributed by atoms with Crippen molar-refractivity contribution in [2.45, 2.75) is 71.8 Å². The number of thiazole rings is 1. The van der Waals surface area contributed by atoms with Crippen LogP contribution in [0.3, 0.4) is 0 Å². The normalized spacial score (nSPS) is 11.5. The third kappa shape index (κ3) is 8.11. The number of carbonyl (C=O) groups excluding carboxylic acids is 2. The number of urea groups is 1. The van der Waals surface area contributed by atoms with Crippen LogP contribution in [-0.4, -0.2) is 51.6 Å². The van der Waals surface area contributed by atoms with Crippen molar-refractivity contribution in [1.29, 1.82) is 0 Å². The van der Waals surface area contributed by atoms with Gasteiger partial charge in [-0.25, -0.2) is 19.7 Å². The Morgan fingerprint density at radius 3 is 2.49 bits per heavy atom. The Morgan fingerprint density at radius 1 is 1.02 bits per heavy atom. The summed E-state index contributed by atoms with van der Waals surface area (Å²) < 4.78 is 6.64. The summed E-state index contributed by atoms with van der Waals surface area (Å²) in [6, 6.07) is 9.69. The highest BCUT2D eigenvalue weighted by Gasteiger charge is 2.28. The largest absolute Gasteiger partial charge is 0.451 e. The van der Waals surface area contributed by atoms with Crippen LogP contribution in [0.5, 0.6) is 0 Å². The SMILES string of the molecule is CCCCCN(C(=O)NCC)c1nc2cc(-c3cnc(C(C)(C)OC(=O)CCCCN)nc3)cc(-c3ccccn3)c2s1. The molecule has 2 amide bonds. The number of benzene rings is 1. The van der Waals surface area contributed by atoms with Gasteiger partial charge in [0.05, 0.1) is 15.9 Å². The maximum absolute atomic E-state index is 13.0. The molecule has 0 aliphatic rings. The number of amides is 2. The van der Waals surface area contributed by atoms with Gasteiger partial charge in [0.2, 0.25) is 0 Å². The summed E-state index contributed by atoms with van der Waals surface area (Å²) in [6.45, 7) is 9.29. The van der Waals surface area contributed by atoms with E-state index in [1.165, 1.54) is 11.3 Å². The topological polar surface area (TPSA) is 136 Å². The molecule has 0 aliphatic carbocycles. The molecule has 0 spiro atoms. The van der Waals surface area contributed by atoms with Crippen molar-refractivity contribution in [3.05, 3.63) is 54.7 Å². The molecule has 0 radical (unpaired) electrons. The van der Waals surface area contributed by atoms with E-state index in [1.54, 1.807) is 37.3 Å². The van der Waals surface area contributed by atoms with Crippen LogP contribution < -0.4 is 16.0 Å². The van der Waals surface area contributed by atoms with Crippen LogP contribution in [-0.2, 0) is 15.1 Å². The predicted octanol–water partition coefficient (Wildman–Crippen LogP) is 6.45. The highest BCUT2D eigenvalue weighted by Crippen LogP contribution is 2.39.